The summed E-state index contributed by atoms with van der Waals surface area (Å²) in [4.78, 5) is 14.7. The molecule has 21 heavy (non-hydrogen) atoms. The molecule has 0 unspecified atom stereocenters. The molecule has 4 nitrogen and oxygen atoms in total. The average molecular weight is 356 g/mol. The van der Waals surface area contributed by atoms with Crippen molar-refractivity contribution >= 4 is 21.8 Å². The maximum absolute atomic E-state index is 12.8. The number of fused-ring (bicyclic) bond motifs is 1. The van der Waals surface area contributed by atoms with Gasteiger partial charge in [-0.1, -0.05) is 29.8 Å². The molecule has 0 saturated heterocycles. The van der Waals surface area contributed by atoms with E-state index in [1.54, 1.807) is 6.07 Å². The number of hydrogen-bond donors (Lipinski definition) is 0. The SMILES string of the molecule is CCC(CC)N(CCBr)C(=O)c1ccc2c(c1)OCCO2. The van der Waals surface area contributed by atoms with Crippen molar-refractivity contribution in [2.24, 2.45) is 0 Å². The van der Waals surface area contributed by atoms with E-state index in [1.165, 1.54) is 0 Å². The number of alkyl halides is 1. The van der Waals surface area contributed by atoms with Crippen molar-refractivity contribution < 1.29 is 14.3 Å². The Morgan fingerprint density at radius 3 is 2.52 bits per heavy atom. The van der Waals surface area contributed by atoms with Crippen LogP contribution in [0.15, 0.2) is 18.2 Å². The number of amides is 1. The van der Waals surface area contributed by atoms with Gasteiger partial charge in [-0.25, -0.2) is 0 Å². The number of ether oxygens (including phenoxy) is 2. The maximum Gasteiger partial charge on any atom is 0.254 e. The van der Waals surface area contributed by atoms with Crippen molar-refractivity contribution in [2.75, 3.05) is 25.1 Å². The first-order valence-electron chi connectivity index (χ1n) is 7.47. The smallest absolute Gasteiger partial charge is 0.254 e. The van der Waals surface area contributed by atoms with Gasteiger partial charge in [0.25, 0.3) is 5.91 Å². The third-order valence-electron chi connectivity index (χ3n) is 3.76. The molecule has 0 spiro atoms. The van der Waals surface area contributed by atoms with Gasteiger partial charge >= 0.3 is 0 Å². The summed E-state index contributed by atoms with van der Waals surface area (Å²) in [6, 6.07) is 5.70. The minimum Gasteiger partial charge on any atom is -0.486 e. The molecule has 1 aromatic carbocycles. The van der Waals surface area contributed by atoms with Gasteiger partial charge < -0.3 is 14.4 Å². The van der Waals surface area contributed by atoms with E-state index in [2.05, 4.69) is 29.8 Å². The fourth-order valence-electron chi connectivity index (χ4n) is 2.61. The van der Waals surface area contributed by atoms with Crippen LogP contribution in [0.25, 0.3) is 0 Å². The van der Waals surface area contributed by atoms with Crippen LogP contribution in [0.5, 0.6) is 11.5 Å². The fourth-order valence-corrected chi connectivity index (χ4v) is 2.99. The van der Waals surface area contributed by atoms with Crippen molar-refractivity contribution in [3.63, 3.8) is 0 Å². The molecule has 0 fully saturated rings. The first-order chi connectivity index (χ1) is 10.2. The Kier molecular flexibility index (Phi) is 5.91. The van der Waals surface area contributed by atoms with E-state index in [0.29, 0.717) is 36.8 Å². The van der Waals surface area contributed by atoms with E-state index in [0.717, 1.165) is 18.2 Å². The molecule has 116 valence electrons. The Bertz CT molecular complexity index is 488. The second-order valence-electron chi connectivity index (χ2n) is 5.02. The van der Waals surface area contributed by atoms with E-state index in [9.17, 15) is 4.79 Å². The lowest BCUT2D eigenvalue weighted by molar-refractivity contribution is 0.0682. The van der Waals surface area contributed by atoms with Crippen LogP contribution in [0.2, 0.25) is 0 Å². The molecular formula is C16H22BrNO3. The van der Waals surface area contributed by atoms with Gasteiger partial charge in [0.15, 0.2) is 11.5 Å². The number of carbonyl (C=O) groups is 1. The Hall–Kier alpha value is -1.23. The molecule has 0 N–H and O–H groups in total. The lowest BCUT2D eigenvalue weighted by Gasteiger charge is -2.30. The van der Waals surface area contributed by atoms with Gasteiger partial charge in [0, 0.05) is 23.5 Å². The van der Waals surface area contributed by atoms with E-state index < -0.39 is 0 Å². The predicted molar refractivity (Wildman–Crippen MR) is 86.6 cm³/mol. The van der Waals surface area contributed by atoms with Crippen molar-refractivity contribution in [3.05, 3.63) is 23.8 Å². The highest BCUT2D eigenvalue weighted by molar-refractivity contribution is 9.09. The first-order valence-corrected chi connectivity index (χ1v) is 8.60. The molecule has 0 radical (unpaired) electrons. The zero-order chi connectivity index (χ0) is 15.2. The summed E-state index contributed by atoms with van der Waals surface area (Å²) in [5.41, 5.74) is 0.659. The zero-order valence-corrected chi connectivity index (χ0v) is 14.2. The number of rotatable bonds is 6. The van der Waals surface area contributed by atoms with E-state index in [4.69, 9.17) is 9.47 Å². The minimum absolute atomic E-state index is 0.0557. The van der Waals surface area contributed by atoms with Crippen LogP contribution in [0.3, 0.4) is 0 Å². The van der Waals surface area contributed by atoms with Crippen LogP contribution in [0.1, 0.15) is 37.0 Å². The summed E-state index contributed by atoms with van der Waals surface area (Å²) >= 11 is 3.44. The number of nitrogens with zero attached hydrogens (tertiary/aromatic N) is 1. The molecule has 1 aromatic rings. The van der Waals surface area contributed by atoms with Crippen molar-refractivity contribution in [3.8, 4) is 11.5 Å². The van der Waals surface area contributed by atoms with Gasteiger partial charge in [0.2, 0.25) is 0 Å². The van der Waals surface area contributed by atoms with Crippen LogP contribution in [-0.2, 0) is 0 Å². The molecule has 0 bridgehead atoms. The third kappa shape index (κ3) is 3.70. The molecule has 1 aliphatic heterocycles. The standard InChI is InChI=1S/C16H22BrNO3/c1-3-13(4-2)18(8-7-17)16(19)12-5-6-14-15(11-12)21-10-9-20-14/h5-6,11,13H,3-4,7-10H2,1-2H3. The van der Waals surface area contributed by atoms with Gasteiger partial charge in [0.05, 0.1) is 0 Å². The highest BCUT2D eigenvalue weighted by Crippen LogP contribution is 2.31. The summed E-state index contributed by atoms with van der Waals surface area (Å²) in [6.45, 7) is 6.03. The zero-order valence-electron chi connectivity index (χ0n) is 12.6. The molecule has 0 saturated carbocycles. The number of carbonyl (C=O) groups excluding carboxylic acids is 1. The maximum atomic E-state index is 12.8. The average Bonchev–Trinajstić information content (AvgIpc) is 2.54. The van der Waals surface area contributed by atoms with Gasteiger partial charge in [0.1, 0.15) is 13.2 Å². The van der Waals surface area contributed by atoms with Crippen LogP contribution in [0.4, 0.5) is 0 Å². The second kappa shape index (κ2) is 7.69. The quantitative estimate of drug-likeness (QED) is 0.733. The van der Waals surface area contributed by atoms with E-state index in [-0.39, 0.29) is 11.9 Å². The summed E-state index contributed by atoms with van der Waals surface area (Å²) in [5.74, 6) is 1.43. The van der Waals surface area contributed by atoms with Crippen LogP contribution < -0.4 is 9.47 Å². The van der Waals surface area contributed by atoms with E-state index >= 15 is 0 Å². The first kappa shape index (κ1) is 16.1. The van der Waals surface area contributed by atoms with Crippen molar-refractivity contribution in [1.29, 1.82) is 0 Å². The highest BCUT2D eigenvalue weighted by Gasteiger charge is 2.23. The van der Waals surface area contributed by atoms with Crippen molar-refractivity contribution in [2.45, 2.75) is 32.7 Å². The number of halogens is 1. The Morgan fingerprint density at radius 1 is 1.24 bits per heavy atom. The molecule has 1 heterocycles. The van der Waals surface area contributed by atoms with Crippen LogP contribution in [-0.4, -0.2) is 41.9 Å². The summed E-state index contributed by atoms with van der Waals surface area (Å²) in [5, 5.41) is 0.778. The number of benzene rings is 1. The van der Waals surface area contributed by atoms with Crippen LogP contribution >= 0.6 is 15.9 Å². The molecule has 1 amide bonds. The van der Waals surface area contributed by atoms with Crippen molar-refractivity contribution in [1.82, 2.24) is 4.90 Å². The largest absolute Gasteiger partial charge is 0.486 e. The minimum atomic E-state index is 0.0557. The fraction of sp³-hybridized carbons (Fsp3) is 0.562. The Balaban J connectivity index is 2.23. The summed E-state index contributed by atoms with van der Waals surface area (Å²) < 4.78 is 11.1. The van der Waals surface area contributed by atoms with Gasteiger partial charge in [-0.2, -0.15) is 0 Å². The Morgan fingerprint density at radius 2 is 1.90 bits per heavy atom. The van der Waals surface area contributed by atoms with E-state index in [1.807, 2.05) is 17.0 Å². The Labute approximate surface area is 134 Å². The van der Waals surface area contributed by atoms with Gasteiger partial charge in [-0.05, 0) is 31.0 Å². The molecular weight excluding hydrogens is 334 g/mol. The topological polar surface area (TPSA) is 38.8 Å². The molecule has 0 atom stereocenters. The third-order valence-corrected chi connectivity index (χ3v) is 4.11. The molecule has 2 rings (SSSR count). The monoisotopic (exact) mass is 355 g/mol. The molecule has 0 aromatic heterocycles. The lowest BCUT2D eigenvalue weighted by Crippen LogP contribution is -2.41. The molecule has 0 aliphatic carbocycles. The van der Waals surface area contributed by atoms with Crippen LogP contribution in [0, 0.1) is 0 Å². The normalized spacial score (nSPS) is 13.3. The second-order valence-corrected chi connectivity index (χ2v) is 5.81. The summed E-state index contributed by atoms with van der Waals surface area (Å²) in [7, 11) is 0. The number of hydrogen-bond acceptors (Lipinski definition) is 3. The predicted octanol–water partition coefficient (Wildman–Crippen LogP) is 3.48. The summed E-state index contributed by atoms with van der Waals surface area (Å²) in [6.07, 6.45) is 1.92. The highest BCUT2D eigenvalue weighted by atomic mass is 79.9. The van der Waals surface area contributed by atoms with Gasteiger partial charge in [-0.3, -0.25) is 4.79 Å². The molecule has 1 aliphatic rings. The van der Waals surface area contributed by atoms with Gasteiger partial charge in [-0.15, -0.1) is 0 Å². The molecule has 5 heteroatoms. The lowest BCUT2D eigenvalue weighted by atomic mass is 10.1.